The summed E-state index contributed by atoms with van der Waals surface area (Å²) in [6.07, 6.45) is 8.34. The molecule has 5 aromatic rings. The number of halogens is 1. The number of aromatic nitrogens is 6. The fraction of sp³-hybridized carbons (Fsp3) is 0.406. The van der Waals surface area contributed by atoms with Crippen LogP contribution in [0.15, 0.2) is 48.8 Å². The number of rotatable bonds is 6. The van der Waals surface area contributed by atoms with E-state index in [2.05, 4.69) is 26.2 Å². The Bertz CT molecular complexity index is 1840. The molecule has 1 atom stereocenters. The molecule has 43 heavy (non-hydrogen) atoms. The maximum absolute atomic E-state index is 16.1. The molecule has 3 aromatic heterocycles. The van der Waals surface area contributed by atoms with Crippen molar-refractivity contribution in [2.24, 2.45) is 0 Å². The van der Waals surface area contributed by atoms with Gasteiger partial charge in [0.1, 0.15) is 11.3 Å². The van der Waals surface area contributed by atoms with Crippen molar-refractivity contribution in [2.45, 2.75) is 57.7 Å². The number of hydrogen-bond acceptors (Lipinski definition) is 8. The fourth-order valence-corrected chi connectivity index (χ4v) is 6.55. The predicted octanol–water partition coefficient (Wildman–Crippen LogP) is 4.65. The van der Waals surface area contributed by atoms with Crippen LogP contribution in [-0.2, 0) is 6.54 Å². The summed E-state index contributed by atoms with van der Waals surface area (Å²) in [4.78, 5) is 14.8. The number of benzene rings is 2. The number of nitriles is 1. The van der Waals surface area contributed by atoms with Crippen molar-refractivity contribution >= 4 is 22.5 Å². The van der Waals surface area contributed by atoms with Crippen LogP contribution in [0.4, 0.5) is 10.2 Å². The number of nitrogens with zero attached hydrogens (tertiary/aromatic N) is 9. The molecular formula is C32H34FN9O. The summed E-state index contributed by atoms with van der Waals surface area (Å²) < 4.78 is 19.6. The van der Waals surface area contributed by atoms with Gasteiger partial charge in [0.05, 0.1) is 40.7 Å². The molecule has 2 aromatic carbocycles. The first-order valence-electron chi connectivity index (χ1n) is 14.9. The lowest BCUT2D eigenvalue weighted by atomic mass is 10.0. The number of imidazole rings is 1. The van der Waals surface area contributed by atoms with Gasteiger partial charge in [0, 0.05) is 48.7 Å². The number of likely N-dealkylation sites (tertiary alicyclic amines) is 1. The molecule has 0 bridgehead atoms. The molecule has 220 valence electrons. The van der Waals surface area contributed by atoms with Crippen molar-refractivity contribution in [3.63, 3.8) is 0 Å². The van der Waals surface area contributed by atoms with Crippen LogP contribution in [0.25, 0.3) is 39.2 Å². The zero-order valence-electron chi connectivity index (χ0n) is 24.4. The van der Waals surface area contributed by atoms with Crippen LogP contribution in [0.2, 0.25) is 0 Å². The highest BCUT2D eigenvalue weighted by Gasteiger charge is 2.30. The number of fused-ring (bicyclic) bond motifs is 2. The van der Waals surface area contributed by atoms with Gasteiger partial charge in [-0.1, -0.05) is 17.3 Å². The van der Waals surface area contributed by atoms with Crippen LogP contribution in [0.5, 0.6) is 0 Å². The summed E-state index contributed by atoms with van der Waals surface area (Å²) in [6, 6.07) is 12.9. The molecule has 7 rings (SSSR count). The Morgan fingerprint density at radius 2 is 1.88 bits per heavy atom. The maximum Gasteiger partial charge on any atom is 0.181 e. The Kier molecular flexibility index (Phi) is 6.83. The van der Waals surface area contributed by atoms with Crippen molar-refractivity contribution in [1.82, 2.24) is 34.3 Å². The normalized spacial score (nSPS) is 18.1. The average molecular weight is 580 g/mol. The van der Waals surface area contributed by atoms with E-state index >= 15 is 4.39 Å². The highest BCUT2D eigenvalue weighted by molar-refractivity contribution is 5.89. The van der Waals surface area contributed by atoms with Crippen molar-refractivity contribution in [3.8, 4) is 28.6 Å². The van der Waals surface area contributed by atoms with E-state index in [1.54, 1.807) is 38.2 Å². The molecule has 0 amide bonds. The highest BCUT2D eigenvalue weighted by atomic mass is 19.1. The van der Waals surface area contributed by atoms with E-state index in [0.717, 1.165) is 44.0 Å². The van der Waals surface area contributed by atoms with Crippen LogP contribution in [0.3, 0.4) is 0 Å². The van der Waals surface area contributed by atoms with Gasteiger partial charge in [0.2, 0.25) is 0 Å². The maximum atomic E-state index is 16.1. The van der Waals surface area contributed by atoms with Crippen molar-refractivity contribution in [1.29, 1.82) is 5.26 Å². The SMILES string of the molecule is CC(C)(O)Cn1nnc2cc(-c3c(-c4ccc(C#N)cc4)nc4c(N5CCC[C@@H](N6CCCC6)C5)nccn34)c(F)cc21. The molecular weight excluding hydrogens is 545 g/mol. The minimum absolute atomic E-state index is 0.178. The highest BCUT2D eigenvalue weighted by Crippen LogP contribution is 2.38. The average Bonchev–Trinajstić information content (AvgIpc) is 3.76. The van der Waals surface area contributed by atoms with E-state index in [1.165, 1.54) is 30.0 Å². The smallest absolute Gasteiger partial charge is 0.181 e. The van der Waals surface area contributed by atoms with Gasteiger partial charge in [0.15, 0.2) is 11.5 Å². The summed E-state index contributed by atoms with van der Waals surface area (Å²) in [5.41, 5.74) is 3.44. The molecule has 2 aliphatic rings. The van der Waals surface area contributed by atoms with Gasteiger partial charge >= 0.3 is 0 Å². The summed E-state index contributed by atoms with van der Waals surface area (Å²) >= 11 is 0. The van der Waals surface area contributed by atoms with Crippen LogP contribution in [0, 0.1) is 17.1 Å². The van der Waals surface area contributed by atoms with E-state index in [0.29, 0.717) is 45.2 Å². The Labute approximate surface area is 249 Å². The zero-order chi connectivity index (χ0) is 29.7. The Morgan fingerprint density at radius 3 is 2.63 bits per heavy atom. The molecule has 11 heteroatoms. The molecule has 0 spiro atoms. The van der Waals surface area contributed by atoms with Crippen molar-refractivity contribution in [3.05, 3.63) is 60.2 Å². The fourth-order valence-electron chi connectivity index (χ4n) is 6.55. The van der Waals surface area contributed by atoms with Gasteiger partial charge in [-0.2, -0.15) is 5.26 Å². The molecule has 5 heterocycles. The number of hydrogen-bond donors (Lipinski definition) is 1. The molecule has 2 saturated heterocycles. The summed E-state index contributed by atoms with van der Waals surface area (Å²) in [5.74, 6) is 0.332. The van der Waals surface area contributed by atoms with Crippen LogP contribution < -0.4 is 4.90 Å². The van der Waals surface area contributed by atoms with Crippen LogP contribution >= 0.6 is 0 Å². The van der Waals surface area contributed by atoms with Crippen molar-refractivity contribution in [2.75, 3.05) is 31.1 Å². The number of piperidine rings is 1. The van der Waals surface area contributed by atoms with Crippen molar-refractivity contribution < 1.29 is 9.50 Å². The first kappa shape index (κ1) is 27.4. The predicted molar refractivity (Wildman–Crippen MR) is 162 cm³/mol. The first-order valence-corrected chi connectivity index (χ1v) is 14.9. The first-order chi connectivity index (χ1) is 20.8. The topological polar surface area (TPSA) is 111 Å². The summed E-state index contributed by atoms with van der Waals surface area (Å²) in [5, 5.41) is 28.2. The third kappa shape index (κ3) is 5.11. The Balaban J connectivity index is 1.38. The monoisotopic (exact) mass is 579 g/mol. The number of aliphatic hydroxyl groups is 1. The Morgan fingerprint density at radius 1 is 1.09 bits per heavy atom. The van der Waals surface area contributed by atoms with Gasteiger partial charge in [-0.3, -0.25) is 9.30 Å². The second kappa shape index (κ2) is 10.7. The third-order valence-electron chi connectivity index (χ3n) is 8.56. The van der Waals surface area contributed by atoms with E-state index in [1.807, 2.05) is 22.7 Å². The molecule has 0 unspecified atom stereocenters. The lowest BCUT2D eigenvalue weighted by molar-refractivity contribution is 0.0585. The standard InChI is InChI=1S/C32H34FN9O/c1-32(2,43)20-42-27-17-25(33)24(16-26(27)37-38-42)29-28(22-9-7-21(18-34)8-10-22)36-31-30(35-11-15-41(29)31)40-14-5-6-23(19-40)39-12-3-4-13-39/h7-11,15-17,23,43H,3-6,12-14,19-20H2,1-2H3/t23-/m1/s1. The second-order valence-electron chi connectivity index (χ2n) is 12.3. The van der Waals surface area contributed by atoms with Crippen LogP contribution in [-0.4, -0.2) is 77.2 Å². The van der Waals surface area contributed by atoms with E-state index < -0.39 is 11.4 Å². The lowest BCUT2D eigenvalue weighted by Crippen LogP contribution is -2.47. The van der Waals surface area contributed by atoms with E-state index in [4.69, 9.17) is 9.97 Å². The lowest BCUT2D eigenvalue weighted by Gasteiger charge is -2.38. The molecule has 10 nitrogen and oxygen atoms in total. The van der Waals surface area contributed by atoms with Gasteiger partial charge < -0.3 is 10.0 Å². The molecule has 0 aliphatic carbocycles. The zero-order valence-corrected chi connectivity index (χ0v) is 24.4. The van der Waals surface area contributed by atoms with Gasteiger partial charge in [0.25, 0.3) is 0 Å². The second-order valence-corrected chi connectivity index (χ2v) is 12.3. The number of anilines is 1. The minimum atomic E-state index is -1.04. The van der Waals surface area contributed by atoms with E-state index in [9.17, 15) is 10.4 Å². The van der Waals surface area contributed by atoms with Gasteiger partial charge in [-0.05, 0) is 70.8 Å². The summed E-state index contributed by atoms with van der Waals surface area (Å²) in [6.45, 7) is 7.59. The molecule has 0 saturated carbocycles. The third-order valence-corrected chi connectivity index (χ3v) is 8.56. The molecule has 0 radical (unpaired) electrons. The summed E-state index contributed by atoms with van der Waals surface area (Å²) in [7, 11) is 0. The van der Waals surface area contributed by atoms with Gasteiger partial charge in [-0.15, -0.1) is 5.10 Å². The largest absolute Gasteiger partial charge is 0.389 e. The minimum Gasteiger partial charge on any atom is -0.389 e. The van der Waals surface area contributed by atoms with Gasteiger partial charge in [-0.25, -0.2) is 19.0 Å². The molecule has 2 aliphatic heterocycles. The van der Waals surface area contributed by atoms with E-state index in [-0.39, 0.29) is 6.54 Å². The Hall–Kier alpha value is -4.40. The van der Waals surface area contributed by atoms with Crippen LogP contribution in [0.1, 0.15) is 45.1 Å². The molecule has 2 fully saturated rings. The molecule has 1 N–H and O–H groups in total. The quantitative estimate of drug-likeness (QED) is 0.309.